The number of carboxylic acids is 1. The molecule has 0 saturated heterocycles. The topological polar surface area (TPSA) is 57.5 Å². The maximum absolute atomic E-state index is 10.2. The summed E-state index contributed by atoms with van der Waals surface area (Å²) in [7, 11) is 0. The quantitative estimate of drug-likeness (QED) is 0.666. The average molecular weight is 191 g/mol. The molecule has 0 aliphatic carbocycles. The second kappa shape index (κ2) is 5.85. The van der Waals surface area contributed by atoms with E-state index >= 15 is 0 Å². The first-order chi connectivity index (χ1) is 5.22. The van der Waals surface area contributed by atoms with Gasteiger partial charge in [0.25, 0.3) is 0 Å². The number of carboxylic acid groups (broad SMARTS) is 1. The Labute approximate surface area is 113 Å². The number of aliphatic carboxylic acids is 1. The van der Waals surface area contributed by atoms with Crippen molar-refractivity contribution in [1.29, 1.82) is 0 Å². The van der Waals surface area contributed by atoms with E-state index < -0.39 is 12.1 Å². The Balaban J connectivity index is 0.00000121. The van der Waals surface area contributed by atoms with Crippen LogP contribution < -0.4 is 0 Å². The van der Waals surface area contributed by atoms with E-state index in [1.165, 1.54) is 0 Å². The molecule has 0 spiro atoms. The third kappa shape index (κ3) is 3.34. The second-order valence-corrected chi connectivity index (χ2v) is 2.15. The van der Waals surface area contributed by atoms with Crippen molar-refractivity contribution in [2.75, 3.05) is 0 Å². The molecule has 4 heteroatoms. The van der Waals surface area contributed by atoms with Crippen LogP contribution in [-0.4, -0.2) is 67.6 Å². The second-order valence-electron chi connectivity index (χ2n) is 2.15. The fraction of sp³-hybridized carbons (Fsp3) is 0.125. The van der Waals surface area contributed by atoms with Crippen molar-refractivity contribution in [3.8, 4) is 0 Å². The molecule has 1 radical (unpaired) electrons. The fourth-order valence-electron chi connectivity index (χ4n) is 0.778. The zero-order valence-electron chi connectivity index (χ0n) is 6.77. The van der Waals surface area contributed by atoms with Gasteiger partial charge in [-0.2, -0.15) is 0 Å². The number of benzene rings is 1. The number of aliphatic hydroxyl groups is 1. The van der Waals surface area contributed by atoms with Gasteiger partial charge in [0, 0.05) is 51.4 Å². The summed E-state index contributed by atoms with van der Waals surface area (Å²) in [5.74, 6) is -1.23. The van der Waals surface area contributed by atoms with Gasteiger partial charge in [0.15, 0.2) is 6.10 Å². The van der Waals surface area contributed by atoms with Gasteiger partial charge in [0.05, 0.1) is 0 Å². The molecule has 1 atom stereocenters. The van der Waals surface area contributed by atoms with Crippen molar-refractivity contribution < 1.29 is 15.0 Å². The van der Waals surface area contributed by atoms with Crippen LogP contribution in [0.5, 0.6) is 0 Å². The molecule has 1 rings (SSSR count). The largest absolute Gasteiger partial charge is 0.479 e. The Kier molecular flexibility index (Phi) is 5.99. The molecule has 0 bridgehead atoms. The smallest absolute Gasteiger partial charge is 0.337 e. The molecule has 0 aliphatic rings. The number of aliphatic hydroxyl groups excluding tert-OH is 1. The number of hydrogen-bond donors (Lipinski definition) is 2. The summed E-state index contributed by atoms with van der Waals surface area (Å²) in [6.07, 6.45) is -1.41. The van der Waals surface area contributed by atoms with Crippen molar-refractivity contribution in [2.45, 2.75) is 6.10 Å². The predicted molar refractivity (Wildman–Crippen MR) is 44.8 cm³/mol. The van der Waals surface area contributed by atoms with E-state index in [1.807, 2.05) is 0 Å². The molecule has 0 fully saturated rings. The molecule has 0 aromatic heterocycles. The molecular formula is C8H8KO3. The Morgan fingerprint density at radius 1 is 1.25 bits per heavy atom. The van der Waals surface area contributed by atoms with Crippen LogP contribution >= 0.6 is 0 Å². The summed E-state index contributed by atoms with van der Waals surface area (Å²) in [4.78, 5) is 10.2. The van der Waals surface area contributed by atoms with Crippen LogP contribution in [-0.2, 0) is 4.79 Å². The summed E-state index contributed by atoms with van der Waals surface area (Å²) in [6, 6.07) is 8.26. The van der Waals surface area contributed by atoms with Crippen LogP contribution in [0.25, 0.3) is 0 Å². The molecule has 1 aromatic rings. The fourth-order valence-corrected chi connectivity index (χ4v) is 0.778. The van der Waals surface area contributed by atoms with Crippen LogP contribution in [0.3, 0.4) is 0 Å². The standard InChI is InChI=1S/C8H8O3.K/c9-7(8(10)11)6-4-2-1-3-5-6;/h1-5,7,9H,(H,10,11);. The molecule has 1 unspecified atom stereocenters. The first-order valence-corrected chi connectivity index (χ1v) is 3.17. The third-order valence-corrected chi connectivity index (χ3v) is 1.35. The van der Waals surface area contributed by atoms with Crippen molar-refractivity contribution in [1.82, 2.24) is 0 Å². The molecule has 3 nitrogen and oxygen atoms in total. The summed E-state index contributed by atoms with van der Waals surface area (Å²) in [5.41, 5.74) is 0.403. The Hall–Kier alpha value is 0.286. The Morgan fingerprint density at radius 2 is 1.75 bits per heavy atom. The molecule has 59 valence electrons. The van der Waals surface area contributed by atoms with Gasteiger partial charge in [-0.3, -0.25) is 0 Å². The van der Waals surface area contributed by atoms with E-state index in [2.05, 4.69) is 0 Å². The van der Waals surface area contributed by atoms with Crippen LogP contribution in [0.1, 0.15) is 11.7 Å². The van der Waals surface area contributed by atoms with Crippen molar-refractivity contribution in [3.05, 3.63) is 35.9 Å². The normalized spacial score (nSPS) is 11.4. The van der Waals surface area contributed by atoms with Crippen LogP contribution in [0.4, 0.5) is 0 Å². The summed E-state index contributed by atoms with van der Waals surface area (Å²) >= 11 is 0. The zero-order chi connectivity index (χ0) is 8.27. The van der Waals surface area contributed by atoms with Crippen LogP contribution in [0.15, 0.2) is 30.3 Å². The van der Waals surface area contributed by atoms with Crippen molar-refractivity contribution in [2.24, 2.45) is 0 Å². The zero-order valence-corrected chi connectivity index (χ0v) is 9.89. The third-order valence-electron chi connectivity index (χ3n) is 1.35. The van der Waals surface area contributed by atoms with E-state index in [1.54, 1.807) is 30.3 Å². The molecule has 0 saturated carbocycles. The first kappa shape index (κ1) is 12.3. The van der Waals surface area contributed by atoms with E-state index in [-0.39, 0.29) is 51.4 Å². The van der Waals surface area contributed by atoms with Crippen molar-refractivity contribution >= 4 is 57.4 Å². The minimum Gasteiger partial charge on any atom is -0.479 e. The van der Waals surface area contributed by atoms with Gasteiger partial charge >= 0.3 is 5.97 Å². The Bertz CT molecular complexity index is 248. The molecular weight excluding hydrogens is 183 g/mol. The molecule has 1 aromatic carbocycles. The van der Waals surface area contributed by atoms with Crippen molar-refractivity contribution in [3.63, 3.8) is 0 Å². The molecule has 2 N–H and O–H groups in total. The van der Waals surface area contributed by atoms with E-state index in [4.69, 9.17) is 10.2 Å². The monoisotopic (exact) mass is 191 g/mol. The van der Waals surface area contributed by atoms with E-state index in [0.29, 0.717) is 5.56 Å². The number of hydrogen-bond acceptors (Lipinski definition) is 2. The van der Waals surface area contributed by atoms with Gasteiger partial charge in [-0.25, -0.2) is 4.79 Å². The molecule has 12 heavy (non-hydrogen) atoms. The van der Waals surface area contributed by atoms with E-state index in [9.17, 15) is 4.79 Å². The maximum Gasteiger partial charge on any atom is 0.337 e. The van der Waals surface area contributed by atoms with Gasteiger partial charge in [-0.05, 0) is 5.56 Å². The summed E-state index contributed by atoms with van der Waals surface area (Å²) in [5, 5.41) is 17.4. The van der Waals surface area contributed by atoms with Gasteiger partial charge in [0.2, 0.25) is 0 Å². The minimum absolute atomic E-state index is 0. The molecule has 0 aliphatic heterocycles. The van der Waals surface area contributed by atoms with Gasteiger partial charge in [-0.15, -0.1) is 0 Å². The average Bonchev–Trinajstić information content (AvgIpc) is 2.05. The SMILES string of the molecule is O=C(O)C(O)c1ccccc1.[K]. The first-order valence-electron chi connectivity index (χ1n) is 3.17. The number of carbonyl (C=O) groups is 1. The minimum atomic E-state index is -1.41. The number of rotatable bonds is 2. The summed E-state index contributed by atoms with van der Waals surface area (Å²) in [6.45, 7) is 0. The predicted octanol–water partition coefficient (Wildman–Crippen LogP) is 0.424. The molecule has 0 heterocycles. The maximum atomic E-state index is 10.2. The van der Waals surface area contributed by atoms with Crippen LogP contribution in [0, 0.1) is 0 Å². The summed E-state index contributed by atoms with van der Waals surface area (Å²) < 4.78 is 0. The van der Waals surface area contributed by atoms with Gasteiger partial charge in [0.1, 0.15) is 0 Å². The van der Waals surface area contributed by atoms with Crippen LogP contribution in [0.2, 0.25) is 0 Å². The van der Waals surface area contributed by atoms with Gasteiger partial charge < -0.3 is 10.2 Å². The van der Waals surface area contributed by atoms with E-state index in [0.717, 1.165) is 0 Å². The Morgan fingerprint density at radius 3 is 2.17 bits per heavy atom. The van der Waals surface area contributed by atoms with Gasteiger partial charge in [-0.1, -0.05) is 30.3 Å². The molecule has 0 amide bonds.